The SMILES string of the molecule is c1ccc([C@H]2CCCC[C@@H]2OCP2Oc3cccc4c3C3(c5ccccc5O4)c4ccccc4Oc4cccc(c43)O2)cc1. The van der Waals surface area contributed by atoms with E-state index in [0.29, 0.717) is 12.3 Å². The molecule has 0 bridgehead atoms. The minimum absolute atomic E-state index is 0.116. The van der Waals surface area contributed by atoms with Crippen molar-refractivity contribution in [2.45, 2.75) is 43.1 Å². The predicted molar refractivity (Wildman–Crippen MR) is 170 cm³/mol. The van der Waals surface area contributed by atoms with Gasteiger partial charge >= 0.3 is 8.38 Å². The number of rotatable bonds is 4. The summed E-state index contributed by atoms with van der Waals surface area (Å²) in [5, 5.41) is 0. The van der Waals surface area contributed by atoms with Gasteiger partial charge < -0.3 is 23.3 Å². The summed E-state index contributed by atoms with van der Waals surface area (Å²) in [6.45, 7) is 0. The van der Waals surface area contributed by atoms with Gasteiger partial charge in [0.25, 0.3) is 0 Å². The monoisotopic (exact) mass is 598 g/mol. The van der Waals surface area contributed by atoms with Gasteiger partial charge in [0.2, 0.25) is 0 Å². The van der Waals surface area contributed by atoms with Gasteiger partial charge in [-0.05, 0) is 54.8 Å². The van der Waals surface area contributed by atoms with Crippen molar-refractivity contribution >= 4 is 8.38 Å². The lowest BCUT2D eigenvalue weighted by molar-refractivity contribution is 0.0362. The zero-order valence-electron chi connectivity index (χ0n) is 24.1. The molecule has 0 N–H and O–H groups in total. The Balaban J connectivity index is 1.18. The molecule has 44 heavy (non-hydrogen) atoms. The van der Waals surface area contributed by atoms with E-state index < -0.39 is 13.8 Å². The summed E-state index contributed by atoms with van der Waals surface area (Å²) < 4.78 is 33.7. The fourth-order valence-electron chi connectivity index (χ4n) is 7.69. The second kappa shape index (κ2) is 10.4. The zero-order chi connectivity index (χ0) is 29.1. The first-order chi connectivity index (χ1) is 21.8. The highest BCUT2D eigenvalue weighted by atomic mass is 31.2. The largest absolute Gasteiger partial charge is 0.457 e. The Bertz CT molecular complexity index is 1770. The maximum absolute atomic E-state index is 6.89. The summed E-state index contributed by atoms with van der Waals surface area (Å²) in [4.78, 5) is 0. The van der Waals surface area contributed by atoms with Crippen molar-refractivity contribution in [1.82, 2.24) is 0 Å². The van der Waals surface area contributed by atoms with Crippen LogP contribution in [0.2, 0.25) is 0 Å². The van der Waals surface area contributed by atoms with Crippen LogP contribution in [-0.4, -0.2) is 12.5 Å². The van der Waals surface area contributed by atoms with Crippen LogP contribution in [0.25, 0.3) is 0 Å². The summed E-state index contributed by atoms with van der Waals surface area (Å²) in [6.07, 6.45) is 5.02. The van der Waals surface area contributed by atoms with Crippen molar-refractivity contribution in [3.8, 4) is 34.5 Å². The lowest BCUT2D eigenvalue weighted by Crippen LogP contribution is -2.38. The molecule has 1 spiro atoms. The smallest absolute Gasteiger partial charge is 0.318 e. The van der Waals surface area contributed by atoms with Crippen LogP contribution >= 0.6 is 8.38 Å². The lowest BCUT2D eigenvalue weighted by atomic mass is 9.62. The molecular formula is C38H31O5P. The second-order valence-corrected chi connectivity index (χ2v) is 13.1. The molecule has 9 rings (SSSR count). The van der Waals surface area contributed by atoms with Crippen LogP contribution in [0.4, 0.5) is 0 Å². The third-order valence-corrected chi connectivity index (χ3v) is 10.6. The molecule has 5 aromatic carbocycles. The minimum atomic E-state index is -1.50. The maximum atomic E-state index is 6.89. The van der Waals surface area contributed by atoms with Gasteiger partial charge in [0.05, 0.1) is 22.6 Å². The van der Waals surface area contributed by atoms with Crippen LogP contribution in [0.15, 0.2) is 115 Å². The normalized spacial score (nSPS) is 20.5. The van der Waals surface area contributed by atoms with Gasteiger partial charge in [0.15, 0.2) is 0 Å². The Morgan fingerprint density at radius 3 is 1.73 bits per heavy atom. The molecule has 3 heterocycles. The van der Waals surface area contributed by atoms with E-state index in [1.165, 1.54) is 18.4 Å². The van der Waals surface area contributed by atoms with Crippen molar-refractivity contribution < 1.29 is 23.3 Å². The van der Waals surface area contributed by atoms with E-state index in [-0.39, 0.29) is 6.10 Å². The van der Waals surface area contributed by atoms with E-state index in [1.54, 1.807) is 0 Å². The van der Waals surface area contributed by atoms with E-state index in [2.05, 4.69) is 54.6 Å². The van der Waals surface area contributed by atoms with Gasteiger partial charge in [-0.3, -0.25) is 0 Å². The first kappa shape index (κ1) is 26.1. The third-order valence-electron chi connectivity index (χ3n) is 9.47. The van der Waals surface area contributed by atoms with Crippen LogP contribution < -0.4 is 18.5 Å². The Morgan fingerprint density at radius 1 is 0.568 bits per heavy atom. The molecule has 5 nitrogen and oxygen atoms in total. The van der Waals surface area contributed by atoms with Crippen LogP contribution in [-0.2, 0) is 10.2 Å². The second-order valence-electron chi connectivity index (χ2n) is 11.9. The first-order valence-electron chi connectivity index (χ1n) is 15.4. The van der Waals surface area contributed by atoms with Crippen molar-refractivity contribution in [1.29, 1.82) is 0 Å². The van der Waals surface area contributed by atoms with Crippen molar-refractivity contribution in [2.24, 2.45) is 0 Å². The van der Waals surface area contributed by atoms with E-state index in [4.69, 9.17) is 23.3 Å². The van der Waals surface area contributed by atoms with Crippen molar-refractivity contribution in [3.05, 3.63) is 143 Å². The summed E-state index contributed by atoms with van der Waals surface area (Å²) in [5.74, 6) is 5.01. The Labute approximate surface area is 258 Å². The Hall–Kier alpha value is -4.31. The van der Waals surface area contributed by atoms with E-state index >= 15 is 0 Å². The quantitative estimate of drug-likeness (QED) is 0.189. The number of hydrogen-bond donors (Lipinski definition) is 0. The summed E-state index contributed by atoms with van der Waals surface area (Å²) >= 11 is 0. The number of ether oxygens (including phenoxy) is 3. The molecule has 0 aromatic heterocycles. The van der Waals surface area contributed by atoms with E-state index in [0.717, 1.165) is 69.6 Å². The zero-order valence-corrected chi connectivity index (χ0v) is 25.0. The number of para-hydroxylation sites is 2. The molecule has 1 saturated carbocycles. The molecular weight excluding hydrogens is 567 g/mol. The standard InChI is InChI=1S/C38H31O5P/c1-2-12-25(13-3-1)26-14-4-7-17-29(26)39-24-44-42-34-22-10-20-32-36(34)38(27-15-5-8-18-30(27)40-32)28-16-6-9-19-31(28)41-33-21-11-23-35(43-44)37(33)38/h1-3,5-6,8-13,15-16,18-23,26,29H,4,7,14,17,24H2/t26-,29+,38?/m1/s1. The Kier molecular flexibility index (Phi) is 6.18. The molecule has 0 radical (unpaired) electrons. The predicted octanol–water partition coefficient (Wildman–Crippen LogP) is 10.1. The van der Waals surface area contributed by atoms with E-state index in [1.807, 2.05) is 60.7 Å². The van der Waals surface area contributed by atoms with Gasteiger partial charge in [-0.15, -0.1) is 0 Å². The van der Waals surface area contributed by atoms with Crippen LogP contribution in [0.1, 0.15) is 59.4 Å². The van der Waals surface area contributed by atoms with Gasteiger partial charge in [-0.1, -0.05) is 91.7 Å². The topological polar surface area (TPSA) is 46.2 Å². The Morgan fingerprint density at radius 2 is 1.09 bits per heavy atom. The fourth-order valence-corrected chi connectivity index (χ4v) is 8.88. The molecule has 5 aromatic rings. The molecule has 0 unspecified atom stereocenters. The molecule has 0 saturated heterocycles. The summed E-state index contributed by atoms with van der Waals surface area (Å²) in [6, 6.07) is 39.5. The van der Waals surface area contributed by atoms with Gasteiger partial charge in [0.1, 0.15) is 40.8 Å². The van der Waals surface area contributed by atoms with E-state index in [9.17, 15) is 0 Å². The van der Waals surface area contributed by atoms with Crippen molar-refractivity contribution in [2.75, 3.05) is 6.35 Å². The maximum Gasteiger partial charge on any atom is 0.318 e. The molecule has 1 aliphatic carbocycles. The molecule has 2 atom stereocenters. The molecule has 1 fully saturated rings. The minimum Gasteiger partial charge on any atom is -0.457 e. The van der Waals surface area contributed by atoms with Gasteiger partial charge in [-0.2, -0.15) is 0 Å². The highest BCUT2D eigenvalue weighted by molar-refractivity contribution is 7.47. The average Bonchev–Trinajstić information content (AvgIpc) is 3.07. The summed E-state index contributed by atoms with van der Waals surface area (Å²) in [5.41, 5.74) is 4.60. The molecule has 218 valence electrons. The fraction of sp³-hybridized carbons (Fsp3) is 0.211. The van der Waals surface area contributed by atoms with Crippen molar-refractivity contribution in [3.63, 3.8) is 0 Å². The first-order valence-corrected chi connectivity index (χ1v) is 16.8. The molecule has 4 aliphatic rings. The highest BCUT2D eigenvalue weighted by Gasteiger charge is 2.55. The molecule has 0 amide bonds. The molecule has 3 aliphatic heterocycles. The number of fused-ring (bicyclic) bond motifs is 2. The summed E-state index contributed by atoms with van der Waals surface area (Å²) in [7, 11) is -1.50. The van der Waals surface area contributed by atoms with Gasteiger partial charge in [0, 0.05) is 17.0 Å². The van der Waals surface area contributed by atoms with Crippen LogP contribution in [0, 0.1) is 0 Å². The van der Waals surface area contributed by atoms with Gasteiger partial charge in [-0.25, -0.2) is 0 Å². The third kappa shape index (κ3) is 3.93. The lowest BCUT2D eigenvalue weighted by Gasteiger charge is -2.46. The van der Waals surface area contributed by atoms with Crippen LogP contribution in [0.3, 0.4) is 0 Å². The number of benzene rings is 5. The highest BCUT2D eigenvalue weighted by Crippen LogP contribution is 2.67. The van der Waals surface area contributed by atoms with Crippen LogP contribution in [0.5, 0.6) is 34.5 Å². The molecule has 6 heteroatoms. The average molecular weight is 599 g/mol. The number of hydrogen-bond acceptors (Lipinski definition) is 5.